The van der Waals surface area contributed by atoms with Gasteiger partial charge in [0.05, 0.1) is 10.6 Å². The summed E-state index contributed by atoms with van der Waals surface area (Å²) in [5.41, 5.74) is 1.78. The zero-order chi connectivity index (χ0) is 20.1. The summed E-state index contributed by atoms with van der Waals surface area (Å²) >= 11 is 1.43. The maximum atomic E-state index is 13.0. The molecule has 0 N–H and O–H groups in total. The topological polar surface area (TPSA) is 78.2 Å². The molecule has 0 bridgehead atoms. The third-order valence-corrected chi connectivity index (χ3v) is 4.76. The predicted molar refractivity (Wildman–Crippen MR) is 105 cm³/mol. The van der Waals surface area contributed by atoms with Gasteiger partial charge in [-0.05, 0) is 35.7 Å². The lowest BCUT2D eigenvalue weighted by molar-refractivity contribution is -0.384. The molecule has 0 fully saturated rings. The number of hydrogen-bond acceptors (Lipinski definition) is 6. The molecule has 0 aliphatic rings. The van der Waals surface area contributed by atoms with E-state index in [0.29, 0.717) is 22.5 Å². The number of thioether (sulfide) groups is 1. The van der Waals surface area contributed by atoms with Crippen molar-refractivity contribution in [2.24, 2.45) is 0 Å². The van der Waals surface area contributed by atoms with Crippen LogP contribution in [-0.4, -0.2) is 14.9 Å². The van der Waals surface area contributed by atoms with Crippen LogP contribution in [0, 0.1) is 15.9 Å². The van der Waals surface area contributed by atoms with E-state index >= 15 is 0 Å². The molecular weight excluding hydrogens is 381 g/mol. The summed E-state index contributed by atoms with van der Waals surface area (Å²) in [6.07, 6.45) is 0. The van der Waals surface area contributed by atoms with Gasteiger partial charge in [0.25, 0.3) is 5.69 Å². The maximum absolute atomic E-state index is 13.0. The second-order valence-electron chi connectivity index (χ2n) is 6.34. The van der Waals surface area contributed by atoms with Crippen LogP contribution in [0.4, 0.5) is 10.1 Å². The van der Waals surface area contributed by atoms with Crippen molar-refractivity contribution < 1.29 is 14.1 Å². The molecule has 0 unspecified atom stereocenters. The smallest absolute Gasteiger partial charge is 0.269 e. The van der Waals surface area contributed by atoms with Gasteiger partial charge in [0, 0.05) is 24.0 Å². The van der Waals surface area contributed by atoms with E-state index in [4.69, 9.17) is 4.74 Å². The second kappa shape index (κ2) is 8.79. The highest BCUT2D eigenvalue weighted by atomic mass is 32.2. The maximum Gasteiger partial charge on any atom is 0.269 e. The number of halogens is 1. The molecule has 0 atom stereocenters. The number of non-ortho nitro benzene ring substituents is 1. The van der Waals surface area contributed by atoms with Crippen LogP contribution in [0.25, 0.3) is 0 Å². The number of nitro benzene ring substituents is 1. The first-order valence-corrected chi connectivity index (χ1v) is 9.58. The van der Waals surface area contributed by atoms with Crippen LogP contribution < -0.4 is 4.74 Å². The standard InChI is InChI=1S/C20H18FN3O3S/c1-13(2)18-11-19(27-17-9-7-16(8-10-17)24(25)26)23-20(22-18)28-12-14-3-5-15(21)6-4-14/h3-11,13H,12H2,1-2H3. The van der Waals surface area contributed by atoms with E-state index in [0.717, 1.165) is 11.3 Å². The fourth-order valence-electron chi connectivity index (χ4n) is 2.32. The molecular formula is C20H18FN3O3S. The summed E-state index contributed by atoms with van der Waals surface area (Å²) in [6, 6.07) is 13.9. The Balaban J connectivity index is 1.78. The molecule has 1 heterocycles. The summed E-state index contributed by atoms with van der Waals surface area (Å²) in [6.45, 7) is 4.04. The Morgan fingerprint density at radius 3 is 2.39 bits per heavy atom. The van der Waals surface area contributed by atoms with Crippen LogP contribution in [0.1, 0.15) is 31.0 Å². The van der Waals surface area contributed by atoms with E-state index in [1.165, 1.54) is 48.2 Å². The van der Waals surface area contributed by atoms with Gasteiger partial charge in [-0.25, -0.2) is 9.37 Å². The summed E-state index contributed by atoms with van der Waals surface area (Å²) in [7, 11) is 0. The van der Waals surface area contributed by atoms with E-state index in [1.807, 2.05) is 13.8 Å². The summed E-state index contributed by atoms with van der Waals surface area (Å²) < 4.78 is 18.8. The Kier molecular flexibility index (Phi) is 6.20. The predicted octanol–water partition coefficient (Wildman–Crippen LogP) is 5.73. The number of aromatic nitrogens is 2. The normalized spacial score (nSPS) is 10.9. The first kappa shape index (κ1) is 19.8. The number of nitrogens with zero attached hydrogens (tertiary/aromatic N) is 3. The fourth-order valence-corrected chi connectivity index (χ4v) is 3.13. The van der Waals surface area contributed by atoms with Gasteiger partial charge in [-0.15, -0.1) is 0 Å². The molecule has 0 spiro atoms. The fraction of sp³-hybridized carbons (Fsp3) is 0.200. The molecule has 0 saturated heterocycles. The van der Waals surface area contributed by atoms with E-state index in [9.17, 15) is 14.5 Å². The molecule has 3 aromatic rings. The zero-order valence-corrected chi connectivity index (χ0v) is 16.1. The Labute approximate surface area is 165 Å². The second-order valence-corrected chi connectivity index (χ2v) is 7.28. The van der Waals surface area contributed by atoms with Gasteiger partial charge in [0.15, 0.2) is 5.16 Å². The van der Waals surface area contributed by atoms with Crippen molar-refractivity contribution in [3.8, 4) is 11.6 Å². The Morgan fingerprint density at radius 1 is 1.11 bits per heavy atom. The van der Waals surface area contributed by atoms with Gasteiger partial charge < -0.3 is 4.74 Å². The van der Waals surface area contributed by atoms with Crippen molar-refractivity contribution >= 4 is 17.4 Å². The molecule has 2 aromatic carbocycles. The van der Waals surface area contributed by atoms with E-state index in [-0.39, 0.29) is 17.4 Å². The highest BCUT2D eigenvalue weighted by molar-refractivity contribution is 7.98. The molecule has 28 heavy (non-hydrogen) atoms. The van der Waals surface area contributed by atoms with Crippen molar-refractivity contribution in [2.45, 2.75) is 30.7 Å². The first-order chi connectivity index (χ1) is 13.4. The molecule has 0 saturated carbocycles. The quantitative estimate of drug-likeness (QED) is 0.218. The zero-order valence-electron chi connectivity index (χ0n) is 15.3. The van der Waals surface area contributed by atoms with Gasteiger partial charge in [-0.2, -0.15) is 4.98 Å². The van der Waals surface area contributed by atoms with Crippen LogP contribution in [0.3, 0.4) is 0 Å². The third-order valence-electron chi connectivity index (χ3n) is 3.84. The minimum Gasteiger partial charge on any atom is -0.439 e. The summed E-state index contributed by atoms with van der Waals surface area (Å²) in [5.74, 6) is 1.32. The summed E-state index contributed by atoms with van der Waals surface area (Å²) in [5, 5.41) is 11.3. The largest absolute Gasteiger partial charge is 0.439 e. The van der Waals surface area contributed by atoms with Crippen molar-refractivity contribution in [2.75, 3.05) is 0 Å². The number of benzene rings is 2. The van der Waals surface area contributed by atoms with E-state index < -0.39 is 4.92 Å². The van der Waals surface area contributed by atoms with Crippen LogP contribution in [0.2, 0.25) is 0 Å². The number of ether oxygens (including phenoxy) is 1. The molecule has 8 heteroatoms. The minimum absolute atomic E-state index is 0.00607. The number of hydrogen-bond donors (Lipinski definition) is 0. The first-order valence-electron chi connectivity index (χ1n) is 8.59. The van der Waals surface area contributed by atoms with Crippen molar-refractivity contribution in [1.82, 2.24) is 9.97 Å². The Hall–Kier alpha value is -3.00. The third kappa shape index (κ3) is 5.26. The SMILES string of the molecule is CC(C)c1cc(Oc2ccc([N+](=O)[O-])cc2)nc(SCc2ccc(F)cc2)n1. The highest BCUT2D eigenvalue weighted by Gasteiger charge is 2.11. The van der Waals surface area contributed by atoms with Crippen LogP contribution >= 0.6 is 11.8 Å². The Bertz CT molecular complexity index is 963. The van der Waals surface area contributed by atoms with Crippen LogP contribution in [-0.2, 0) is 5.75 Å². The van der Waals surface area contributed by atoms with Crippen molar-refractivity contribution in [3.05, 3.63) is 81.8 Å². The highest BCUT2D eigenvalue weighted by Crippen LogP contribution is 2.28. The van der Waals surface area contributed by atoms with E-state index in [1.54, 1.807) is 18.2 Å². The number of nitro groups is 1. The molecule has 0 amide bonds. The summed E-state index contributed by atoms with van der Waals surface area (Å²) in [4.78, 5) is 19.3. The molecule has 144 valence electrons. The van der Waals surface area contributed by atoms with Crippen LogP contribution in [0.15, 0.2) is 59.8 Å². The van der Waals surface area contributed by atoms with Gasteiger partial charge in [-0.3, -0.25) is 10.1 Å². The average Bonchev–Trinajstić information content (AvgIpc) is 2.68. The van der Waals surface area contributed by atoms with Gasteiger partial charge in [0.2, 0.25) is 5.88 Å². The monoisotopic (exact) mass is 399 g/mol. The molecule has 1 aromatic heterocycles. The Morgan fingerprint density at radius 2 is 1.79 bits per heavy atom. The number of rotatable bonds is 7. The van der Waals surface area contributed by atoms with Crippen LogP contribution in [0.5, 0.6) is 11.6 Å². The molecule has 0 radical (unpaired) electrons. The lowest BCUT2D eigenvalue weighted by Gasteiger charge is -2.11. The van der Waals surface area contributed by atoms with Crippen molar-refractivity contribution in [3.63, 3.8) is 0 Å². The van der Waals surface area contributed by atoms with E-state index in [2.05, 4.69) is 9.97 Å². The van der Waals surface area contributed by atoms with Gasteiger partial charge in [0.1, 0.15) is 11.6 Å². The molecule has 3 rings (SSSR count). The van der Waals surface area contributed by atoms with Gasteiger partial charge >= 0.3 is 0 Å². The van der Waals surface area contributed by atoms with Gasteiger partial charge in [-0.1, -0.05) is 37.7 Å². The molecule has 6 nitrogen and oxygen atoms in total. The lowest BCUT2D eigenvalue weighted by Crippen LogP contribution is -2.00. The van der Waals surface area contributed by atoms with Crippen molar-refractivity contribution in [1.29, 1.82) is 0 Å². The minimum atomic E-state index is -0.463. The lowest BCUT2D eigenvalue weighted by atomic mass is 10.1. The average molecular weight is 399 g/mol. The molecule has 0 aliphatic carbocycles. The molecule has 0 aliphatic heterocycles.